The summed E-state index contributed by atoms with van der Waals surface area (Å²) in [6.45, 7) is 11.9. The lowest BCUT2D eigenvalue weighted by Gasteiger charge is -2.58. The maximum atomic E-state index is 12.5. The second-order valence-corrected chi connectivity index (χ2v) is 14.0. The van der Waals surface area contributed by atoms with Gasteiger partial charge in [-0.15, -0.1) is 0 Å². The molecule has 0 radical (unpaired) electrons. The summed E-state index contributed by atoms with van der Waals surface area (Å²) in [5, 5.41) is 12.5. The molecule has 0 aliphatic heterocycles. The summed E-state index contributed by atoms with van der Waals surface area (Å²) in [6.07, 6.45) is 25.3. The molecule has 0 bridgehead atoms. The van der Waals surface area contributed by atoms with E-state index in [0.717, 1.165) is 30.6 Å². The Morgan fingerprint density at radius 3 is 2.51 bits per heavy atom. The van der Waals surface area contributed by atoms with Crippen molar-refractivity contribution in [3.8, 4) is 0 Å². The third-order valence-corrected chi connectivity index (χ3v) is 11.2. The predicted molar refractivity (Wildman–Crippen MR) is 160 cm³/mol. The van der Waals surface area contributed by atoms with Crippen LogP contribution in [0.4, 0.5) is 0 Å². The maximum Gasteiger partial charge on any atom is 0.0758 e. The van der Waals surface area contributed by atoms with Crippen LogP contribution in [0, 0.1) is 36.0 Å². The van der Waals surface area contributed by atoms with E-state index in [1.54, 1.807) is 0 Å². The molecule has 1 aromatic rings. The fraction of sp³-hybridized carbons (Fsp3) is 0.778. The van der Waals surface area contributed by atoms with Crippen molar-refractivity contribution in [2.24, 2.45) is 29.1 Å². The Balaban J connectivity index is 1.33. The summed E-state index contributed by atoms with van der Waals surface area (Å²) < 4.78 is 0. The normalized spacial score (nSPS) is 33.8. The molecule has 0 aromatic heterocycles. The van der Waals surface area contributed by atoms with Gasteiger partial charge in [0.2, 0.25) is 0 Å². The summed E-state index contributed by atoms with van der Waals surface area (Å²) >= 11 is 0. The fourth-order valence-corrected chi connectivity index (χ4v) is 8.93. The number of rotatable bonds is 13. The number of fused-ring (bicyclic) bond motifs is 5. The second-order valence-electron chi connectivity index (χ2n) is 14.0. The van der Waals surface area contributed by atoms with Gasteiger partial charge in [-0.3, -0.25) is 0 Å². The average Bonchev–Trinajstić information content (AvgIpc) is 3.16. The van der Waals surface area contributed by atoms with E-state index in [4.69, 9.17) is 0 Å². The summed E-state index contributed by atoms with van der Waals surface area (Å²) in [7, 11) is 0. The van der Waals surface area contributed by atoms with Crippen LogP contribution in [0.15, 0.2) is 30.4 Å². The van der Waals surface area contributed by atoms with Crippen LogP contribution in [0.25, 0.3) is 0 Å². The molecule has 3 aliphatic rings. The summed E-state index contributed by atoms with van der Waals surface area (Å²) in [5.74, 6) is 3.35. The monoisotopic (exact) mass is 506 g/mol. The molecule has 0 heterocycles. The van der Waals surface area contributed by atoms with Gasteiger partial charge in [-0.25, -0.2) is 0 Å². The topological polar surface area (TPSA) is 20.2 Å². The van der Waals surface area contributed by atoms with E-state index >= 15 is 0 Å². The Bertz CT molecular complexity index is 885. The third kappa shape index (κ3) is 6.57. The molecule has 1 nitrogen and oxygen atoms in total. The quantitative estimate of drug-likeness (QED) is 0.208. The first-order chi connectivity index (χ1) is 17.8. The summed E-state index contributed by atoms with van der Waals surface area (Å²) in [4.78, 5) is 0. The number of allylic oxidation sites excluding steroid dienone is 1. The number of aryl methyl sites for hydroxylation is 2. The Labute approximate surface area is 229 Å². The van der Waals surface area contributed by atoms with Crippen LogP contribution in [0.3, 0.4) is 0 Å². The van der Waals surface area contributed by atoms with Crippen LogP contribution in [-0.4, -0.2) is 10.7 Å². The van der Waals surface area contributed by atoms with Gasteiger partial charge in [0.05, 0.1) is 5.60 Å². The molecule has 1 aromatic carbocycles. The van der Waals surface area contributed by atoms with Crippen molar-refractivity contribution in [1.82, 2.24) is 0 Å². The molecule has 37 heavy (non-hydrogen) atoms. The van der Waals surface area contributed by atoms with Crippen molar-refractivity contribution in [1.29, 1.82) is 0 Å². The number of aliphatic hydroxyl groups is 1. The van der Waals surface area contributed by atoms with Gasteiger partial charge in [0.25, 0.3) is 0 Å². The molecule has 7 atom stereocenters. The maximum absolute atomic E-state index is 12.5. The van der Waals surface area contributed by atoms with E-state index in [2.05, 4.69) is 65.0 Å². The Morgan fingerprint density at radius 1 is 1.00 bits per heavy atom. The minimum absolute atomic E-state index is 0.291. The van der Waals surface area contributed by atoms with E-state index in [-0.39, 0.29) is 0 Å². The predicted octanol–water partition coefficient (Wildman–Crippen LogP) is 10.3. The van der Waals surface area contributed by atoms with E-state index in [9.17, 15) is 5.11 Å². The van der Waals surface area contributed by atoms with Crippen molar-refractivity contribution >= 4 is 0 Å². The molecule has 1 heteroatoms. The van der Waals surface area contributed by atoms with Crippen LogP contribution in [0.2, 0.25) is 0 Å². The zero-order valence-electron chi connectivity index (χ0n) is 25.0. The van der Waals surface area contributed by atoms with Gasteiger partial charge in [0.1, 0.15) is 0 Å². The minimum atomic E-state index is -0.608. The van der Waals surface area contributed by atoms with Crippen LogP contribution in [-0.2, 0) is 6.42 Å². The number of hydrogen-bond donors (Lipinski definition) is 1. The van der Waals surface area contributed by atoms with Gasteiger partial charge in [-0.2, -0.15) is 0 Å². The molecule has 4 rings (SSSR count). The Hall–Kier alpha value is -1.08. The van der Waals surface area contributed by atoms with Crippen LogP contribution < -0.4 is 0 Å². The van der Waals surface area contributed by atoms with Crippen molar-refractivity contribution in [3.05, 3.63) is 47.0 Å². The minimum Gasteiger partial charge on any atom is -0.389 e. The van der Waals surface area contributed by atoms with Gasteiger partial charge in [-0.05, 0) is 98.5 Å². The van der Waals surface area contributed by atoms with Gasteiger partial charge in [0, 0.05) is 5.92 Å². The highest BCUT2D eigenvalue weighted by Crippen LogP contribution is 2.66. The van der Waals surface area contributed by atoms with Crippen molar-refractivity contribution in [2.75, 3.05) is 0 Å². The van der Waals surface area contributed by atoms with E-state index in [1.807, 2.05) is 0 Å². The molecule has 0 amide bonds. The smallest absolute Gasteiger partial charge is 0.0758 e. The van der Waals surface area contributed by atoms with E-state index in [1.165, 1.54) is 107 Å². The SMILES string of the molecule is CCCCCCC(C)CCCCC/C=C/CC1(O)CC2(C)C(C)CCC2C2CCc3cc(C)ccc3C21. The average molecular weight is 507 g/mol. The first-order valence-electron chi connectivity index (χ1n) is 16.3. The standard InChI is InChI=1S/C36H58O/c1-6-7-8-13-16-27(2)17-14-11-9-10-12-15-24-36(37)26-35(5)29(4)19-23-33(35)32-22-20-30-25-28(3)18-21-31(30)34(32)36/h12,15,18,21,25,27,29,32-34,37H,6-11,13-14,16-17,19-20,22-24,26H2,1-5H3/b15-12+. The Morgan fingerprint density at radius 2 is 1.76 bits per heavy atom. The molecule has 2 fully saturated rings. The van der Waals surface area contributed by atoms with Crippen LogP contribution in [0.1, 0.15) is 147 Å². The first kappa shape index (κ1) is 28.9. The second kappa shape index (κ2) is 12.8. The Kier molecular flexibility index (Phi) is 10.0. The molecule has 208 valence electrons. The highest BCUT2D eigenvalue weighted by Gasteiger charge is 2.61. The molecule has 0 saturated heterocycles. The third-order valence-electron chi connectivity index (χ3n) is 11.2. The molecule has 2 saturated carbocycles. The van der Waals surface area contributed by atoms with Crippen molar-refractivity contribution in [3.63, 3.8) is 0 Å². The number of hydrogen-bond acceptors (Lipinski definition) is 1. The number of benzene rings is 1. The zero-order valence-corrected chi connectivity index (χ0v) is 25.0. The molecular formula is C36H58O. The number of unbranched alkanes of at least 4 members (excludes halogenated alkanes) is 6. The lowest BCUT2D eigenvalue weighted by molar-refractivity contribution is -0.122. The molecular weight excluding hydrogens is 448 g/mol. The van der Waals surface area contributed by atoms with Gasteiger partial charge in [-0.1, -0.05) is 115 Å². The van der Waals surface area contributed by atoms with Crippen LogP contribution in [0.5, 0.6) is 0 Å². The first-order valence-corrected chi connectivity index (χ1v) is 16.3. The van der Waals surface area contributed by atoms with Crippen molar-refractivity contribution < 1.29 is 5.11 Å². The van der Waals surface area contributed by atoms with Crippen molar-refractivity contribution in [2.45, 2.75) is 149 Å². The summed E-state index contributed by atoms with van der Waals surface area (Å²) in [6, 6.07) is 7.07. The van der Waals surface area contributed by atoms with Gasteiger partial charge in [0.15, 0.2) is 0 Å². The fourth-order valence-electron chi connectivity index (χ4n) is 8.93. The molecule has 7 unspecified atom stereocenters. The lowest BCUT2D eigenvalue weighted by Crippen LogP contribution is -2.55. The lowest BCUT2D eigenvalue weighted by atomic mass is 9.49. The molecule has 0 spiro atoms. The van der Waals surface area contributed by atoms with E-state index < -0.39 is 5.60 Å². The molecule has 3 aliphatic carbocycles. The molecule has 1 N–H and O–H groups in total. The van der Waals surface area contributed by atoms with Crippen LogP contribution >= 0.6 is 0 Å². The zero-order chi connectivity index (χ0) is 26.5. The van der Waals surface area contributed by atoms with Gasteiger partial charge < -0.3 is 5.11 Å². The largest absolute Gasteiger partial charge is 0.389 e. The van der Waals surface area contributed by atoms with Gasteiger partial charge >= 0.3 is 0 Å². The summed E-state index contributed by atoms with van der Waals surface area (Å²) in [5.41, 5.74) is 4.03. The highest BCUT2D eigenvalue weighted by molar-refractivity contribution is 5.40. The highest BCUT2D eigenvalue weighted by atomic mass is 16.3. The van der Waals surface area contributed by atoms with E-state index in [0.29, 0.717) is 17.3 Å².